The molecule has 0 fully saturated rings. The number of benzene rings is 2. The average Bonchev–Trinajstić information content (AvgIpc) is 2.58. The summed E-state index contributed by atoms with van der Waals surface area (Å²) in [4.78, 5) is 12.3. The van der Waals surface area contributed by atoms with Crippen LogP contribution in [0.25, 0.3) is 0 Å². The number of ether oxygens (including phenoxy) is 1. The fourth-order valence-corrected chi connectivity index (χ4v) is 2.97. The molecule has 0 atom stereocenters. The van der Waals surface area contributed by atoms with E-state index in [-0.39, 0.29) is 11.5 Å². The van der Waals surface area contributed by atoms with E-state index in [1.807, 2.05) is 30.3 Å². The molecule has 0 spiro atoms. The molecule has 2 rings (SSSR count). The molecule has 0 heterocycles. The van der Waals surface area contributed by atoms with E-state index in [9.17, 15) is 13.2 Å². The summed E-state index contributed by atoms with van der Waals surface area (Å²) in [5.41, 5.74) is 1.72. The molecule has 1 N–H and O–H groups in total. The van der Waals surface area contributed by atoms with Gasteiger partial charge in [-0.2, -0.15) is 0 Å². The third kappa shape index (κ3) is 6.52. The summed E-state index contributed by atoms with van der Waals surface area (Å²) >= 11 is 0. The molecule has 0 radical (unpaired) electrons. The molecule has 0 amide bonds. The van der Waals surface area contributed by atoms with Gasteiger partial charge in [-0.15, -0.1) is 0 Å². The minimum absolute atomic E-state index is 0.00939. The van der Waals surface area contributed by atoms with Gasteiger partial charge >= 0.3 is 0 Å². The Labute approximate surface area is 155 Å². The molecule has 0 unspecified atom stereocenters. The topological polar surface area (TPSA) is 72.5 Å². The second kappa shape index (κ2) is 8.85. The van der Waals surface area contributed by atoms with Gasteiger partial charge < -0.3 is 4.74 Å². The zero-order valence-corrected chi connectivity index (χ0v) is 16.2. The summed E-state index contributed by atoms with van der Waals surface area (Å²) in [5, 5.41) is 0. The monoisotopic (exact) mass is 375 g/mol. The summed E-state index contributed by atoms with van der Waals surface area (Å²) in [5.74, 6) is 0.811. The number of Topliss-reactive ketones (excluding diaryl/α,β-unsaturated/α-hetero) is 1. The highest BCUT2D eigenvalue weighted by molar-refractivity contribution is 7.92. The van der Waals surface area contributed by atoms with Crippen LogP contribution in [-0.4, -0.2) is 20.5 Å². The maximum absolute atomic E-state index is 12.3. The van der Waals surface area contributed by atoms with Crippen LogP contribution in [0, 0.1) is 5.92 Å². The van der Waals surface area contributed by atoms with Crippen molar-refractivity contribution in [1.82, 2.24) is 0 Å². The Kier molecular flexibility index (Phi) is 6.80. The van der Waals surface area contributed by atoms with Crippen LogP contribution in [0.4, 0.5) is 5.69 Å². The van der Waals surface area contributed by atoms with Crippen molar-refractivity contribution >= 4 is 21.5 Å². The Bertz CT molecular complexity index is 845. The Morgan fingerprint density at radius 1 is 1.12 bits per heavy atom. The van der Waals surface area contributed by atoms with Gasteiger partial charge in [0.05, 0.1) is 11.9 Å². The fraction of sp³-hybridized carbons (Fsp3) is 0.350. The second-order valence-electron chi connectivity index (χ2n) is 6.72. The molecule has 26 heavy (non-hydrogen) atoms. The Balaban J connectivity index is 2.22. The third-order valence-corrected chi connectivity index (χ3v) is 4.37. The van der Waals surface area contributed by atoms with E-state index >= 15 is 0 Å². The number of hydrogen-bond donors (Lipinski definition) is 1. The van der Waals surface area contributed by atoms with Crippen molar-refractivity contribution in [2.75, 3.05) is 11.0 Å². The van der Waals surface area contributed by atoms with Crippen molar-refractivity contribution in [3.63, 3.8) is 0 Å². The van der Waals surface area contributed by atoms with Gasteiger partial charge in [0.25, 0.3) is 0 Å². The lowest BCUT2D eigenvalue weighted by Crippen LogP contribution is -2.12. The second-order valence-corrected chi connectivity index (χ2v) is 8.46. The number of nitrogens with one attached hydrogen (secondary N) is 1. The van der Waals surface area contributed by atoms with Gasteiger partial charge in [-0.3, -0.25) is 9.52 Å². The van der Waals surface area contributed by atoms with Gasteiger partial charge in [-0.1, -0.05) is 44.2 Å². The molecule has 140 valence electrons. The first-order valence-corrected chi connectivity index (χ1v) is 10.5. The molecule has 0 saturated heterocycles. The maximum atomic E-state index is 12.3. The molecule has 0 saturated carbocycles. The first-order valence-electron chi connectivity index (χ1n) is 8.56. The van der Waals surface area contributed by atoms with Crippen molar-refractivity contribution in [3.05, 3.63) is 59.7 Å². The van der Waals surface area contributed by atoms with Crippen LogP contribution < -0.4 is 9.46 Å². The minimum atomic E-state index is -3.49. The van der Waals surface area contributed by atoms with E-state index < -0.39 is 10.0 Å². The predicted molar refractivity (Wildman–Crippen MR) is 104 cm³/mol. The van der Waals surface area contributed by atoms with Crippen molar-refractivity contribution in [2.24, 2.45) is 5.92 Å². The third-order valence-electron chi connectivity index (χ3n) is 3.78. The van der Waals surface area contributed by atoms with Crippen LogP contribution in [-0.2, 0) is 16.6 Å². The maximum Gasteiger partial charge on any atom is 0.229 e. The van der Waals surface area contributed by atoms with E-state index in [0.29, 0.717) is 30.3 Å². The quantitative estimate of drug-likeness (QED) is 0.665. The molecule has 2 aromatic carbocycles. The highest BCUT2D eigenvalue weighted by Gasteiger charge is 2.14. The summed E-state index contributed by atoms with van der Waals surface area (Å²) < 4.78 is 31.5. The molecule has 0 aromatic heterocycles. The molecule has 0 aliphatic rings. The highest BCUT2D eigenvalue weighted by atomic mass is 32.2. The van der Waals surface area contributed by atoms with Crippen LogP contribution in [0.3, 0.4) is 0 Å². The van der Waals surface area contributed by atoms with E-state index in [1.54, 1.807) is 18.2 Å². The normalized spacial score (nSPS) is 11.4. The largest absolute Gasteiger partial charge is 0.487 e. The molecular weight excluding hydrogens is 350 g/mol. The molecule has 2 aromatic rings. The van der Waals surface area contributed by atoms with Crippen LogP contribution in [0.1, 0.15) is 42.6 Å². The standard InChI is InChI=1S/C20H25NO4S/c1-15(2)9-11-19(22)17-10-12-20(18(13-17)21-26(3,23)24)25-14-16-7-5-4-6-8-16/h4-8,10,12-13,15,21H,9,11,14H2,1-3H3. The summed E-state index contributed by atoms with van der Waals surface area (Å²) in [6, 6.07) is 14.4. The van der Waals surface area contributed by atoms with Gasteiger partial charge in [0.1, 0.15) is 12.4 Å². The number of hydrogen-bond acceptors (Lipinski definition) is 4. The average molecular weight is 375 g/mol. The van der Waals surface area contributed by atoms with E-state index in [4.69, 9.17) is 4.74 Å². The van der Waals surface area contributed by atoms with Crippen molar-refractivity contribution < 1.29 is 17.9 Å². The Morgan fingerprint density at radius 2 is 1.81 bits per heavy atom. The zero-order chi connectivity index (χ0) is 19.2. The Hall–Kier alpha value is -2.34. The van der Waals surface area contributed by atoms with E-state index in [2.05, 4.69) is 18.6 Å². The van der Waals surface area contributed by atoms with Gasteiger partial charge in [0.15, 0.2) is 5.78 Å². The van der Waals surface area contributed by atoms with Crippen LogP contribution in [0.15, 0.2) is 48.5 Å². The molecular formula is C20H25NO4S. The number of sulfonamides is 1. The smallest absolute Gasteiger partial charge is 0.229 e. The first-order chi connectivity index (χ1) is 12.2. The van der Waals surface area contributed by atoms with Crippen molar-refractivity contribution in [1.29, 1.82) is 0 Å². The Morgan fingerprint density at radius 3 is 2.42 bits per heavy atom. The van der Waals surface area contributed by atoms with Crippen LogP contribution >= 0.6 is 0 Å². The number of carbonyl (C=O) groups excluding carboxylic acids is 1. The van der Waals surface area contributed by atoms with Crippen LogP contribution in [0.5, 0.6) is 5.75 Å². The summed E-state index contributed by atoms with van der Waals surface area (Å²) in [6.07, 6.45) is 2.29. The number of ketones is 1. The number of carbonyl (C=O) groups is 1. The van der Waals surface area contributed by atoms with Gasteiger partial charge in [-0.25, -0.2) is 8.42 Å². The summed E-state index contributed by atoms with van der Waals surface area (Å²) in [7, 11) is -3.49. The van der Waals surface area contributed by atoms with Gasteiger partial charge in [-0.05, 0) is 36.1 Å². The number of anilines is 1. The highest BCUT2D eigenvalue weighted by Crippen LogP contribution is 2.28. The first kappa shape index (κ1) is 20.0. The van der Waals surface area contributed by atoms with Crippen LogP contribution in [0.2, 0.25) is 0 Å². The van der Waals surface area contributed by atoms with Crippen molar-refractivity contribution in [3.8, 4) is 5.75 Å². The molecule has 6 heteroatoms. The molecule has 0 bridgehead atoms. The molecule has 5 nitrogen and oxygen atoms in total. The SMILES string of the molecule is CC(C)CCC(=O)c1ccc(OCc2ccccc2)c(NS(C)(=O)=O)c1. The lowest BCUT2D eigenvalue weighted by molar-refractivity contribution is 0.0975. The van der Waals surface area contributed by atoms with Crippen molar-refractivity contribution in [2.45, 2.75) is 33.3 Å². The zero-order valence-electron chi connectivity index (χ0n) is 15.4. The lowest BCUT2D eigenvalue weighted by Gasteiger charge is -2.14. The van der Waals surface area contributed by atoms with E-state index in [0.717, 1.165) is 18.2 Å². The number of rotatable bonds is 9. The molecule has 0 aliphatic heterocycles. The minimum Gasteiger partial charge on any atom is -0.487 e. The van der Waals surface area contributed by atoms with Gasteiger partial charge in [0.2, 0.25) is 10.0 Å². The summed E-state index contributed by atoms with van der Waals surface area (Å²) in [6.45, 7) is 4.43. The fourth-order valence-electron chi connectivity index (χ4n) is 2.41. The molecule has 0 aliphatic carbocycles. The lowest BCUT2D eigenvalue weighted by atomic mass is 10.0. The van der Waals surface area contributed by atoms with E-state index in [1.165, 1.54) is 0 Å². The van der Waals surface area contributed by atoms with Gasteiger partial charge in [0, 0.05) is 12.0 Å². The predicted octanol–water partition coefficient (Wildman–Crippen LogP) is 4.26.